The van der Waals surface area contributed by atoms with Crippen LogP contribution in [0.3, 0.4) is 0 Å². The summed E-state index contributed by atoms with van der Waals surface area (Å²) in [6, 6.07) is 7.16. The van der Waals surface area contributed by atoms with Crippen LogP contribution in [0.1, 0.15) is 21.5 Å². The average molecular weight is 300 g/mol. The Kier molecular flexibility index (Phi) is 4.06. The molecule has 0 amide bonds. The molecular weight excluding hydrogens is 291 g/mol. The first-order chi connectivity index (χ1) is 9.80. The number of Topliss-reactive ketones (excluding diaryl/α,β-unsaturated/α-hetero) is 1. The molecule has 0 atom stereocenters. The normalized spacial score (nSPS) is 11.5. The lowest BCUT2D eigenvalue weighted by atomic mass is 9.97. The zero-order valence-corrected chi connectivity index (χ0v) is 10.5. The van der Waals surface area contributed by atoms with Crippen LogP contribution in [0.15, 0.2) is 42.5 Å². The highest BCUT2D eigenvalue weighted by Crippen LogP contribution is 2.32. The van der Waals surface area contributed by atoms with Crippen molar-refractivity contribution in [3.63, 3.8) is 0 Å². The molecule has 2 aromatic rings. The van der Waals surface area contributed by atoms with Crippen LogP contribution in [0.25, 0.3) is 0 Å². The maximum atomic E-state index is 13.4. The number of rotatable bonds is 3. The number of alkyl halides is 3. The minimum atomic E-state index is -4.71. The molecule has 110 valence electrons. The summed E-state index contributed by atoms with van der Waals surface area (Å²) in [6.45, 7) is 0. The highest BCUT2D eigenvalue weighted by atomic mass is 19.4. The highest BCUT2D eigenvalue weighted by Gasteiger charge is 2.34. The summed E-state index contributed by atoms with van der Waals surface area (Å²) < 4.78 is 65.3. The number of halogens is 5. The van der Waals surface area contributed by atoms with Crippen LogP contribution in [0.4, 0.5) is 22.0 Å². The van der Waals surface area contributed by atoms with E-state index in [1.54, 1.807) is 0 Å². The van der Waals surface area contributed by atoms with Crippen molar-refractivity contribution in [3.05, 3.63) is 70.8 Å². The van der Waals surface area contributed by atoms with Gasteiger partial charge in [0.25, 0.3) is 0 Å². The molecule has 0 N–H and O–H groups in total. The molecule has 0 unspecified atom stereocenters. The van der Waals surface area contributed by atoms with Gasteiger partial charge in [-0.25, -0.2) is 8.78 Å². The van der Waals surface area contributed by atoms with Gasteiger partial charge in [0.1, 0.15) is 11.6 Å². The monoisotopic (exact) mass is 300 g/mol. The van der Waals surface area contributed by atoms with Crippen LogP contribution in [-0.2, 0) is 12.6 Å². The van der Waals surface area contributed by atoms with Crippen molar-refractivity contribution in [2.24, 2.45) is 0 Å². The Hall–Kier alpha value is -2.24. The first-order valence-corrected chi connectivity index (χ1v) is 5.93. The maximum Gasteiger partial charge on any atom is 0.417 e. The zero-order chi connectivity index (χ0) is 15.6. The first-order valence-electron chi connectivity index (χ1n) is 5.93. The first kappa shape index (κ1) is 15.2. The third-order valence-electron chi connectivity index (χ3n) is 2.93. The molecule has 0 aliphatic carbocycles. The van der Waals surface area contributed by atoms with E-state index in [9.17, 15) is 26.7 Å². The van der Waals surface area contributed by atoms with Gasteiger partial charge in [-0.05, 0) is 18.2 Å². The molecule has 0 heterocycles. The minimum Gasteiger partial charge on any atom is -0.294 e. The number of hydrogen-bond donors (Lipinski definition) is 0. The molecule has 0 saturated heterocycles. The van der Waals surface area contributed by atoms with E-state index < -0.39 is 46.7 Å². The third kappa shape index (κ3) is 3.26. The quantitative estimate of drug-likeness (QED) is 0.606. The van der Waals surface area contributed by atoms with Crippen LogP contribution >= 0.6 is 0 Å². The van der Waals surface area contributed by atoms with Crippen molar-refractivity contribution < 1.29 is 26.7 Å². The SMILES string of the molecule is O=C(Cc1c(F)cccc1F)c1ccccc1C(F)(F)F. The number of hydrogen-bond acceptors (Lipinski definition) is 1. The molecule has 0 saturated carbocycles. The lowest BCUT2D eigenvalue weighted by molar-refractivity contribution is -0.137. The summed E-state index contributed by atoms with van der Waals surface area (Å²) in [6.07, 6.45) is -5.48. The molecule has 2 rings (SSSR count). The number of carbonyl (C=O) groups excluding carboxylic acids is 1. The number of ketones is 1. The number of benzene rings is 2. The van der Waals surface area contributed by atoms with E-state index in [0.717, 1.165) is 36.4 Å². The minimum absolute atomic E-state index is 0.542. The van der Waals surface area contributed by atoms with Gasteiger partial charge in [0.05, 0.1) is 5.56 Å². The predicted octanol–water partition coefficient (Wildman–Crippen LogP) is 4.41. The van der Waals surface area contributed by atoms with E-state index in [-0.39, 0.29) is 0 Å². The molecule has 0 fully saturated rings. The van der Waals surface area contributed by atoms with Crippen LogP contribution in [0, 0.1) is 11.6 Å². The molecule has 21 heavy (non-hydrogen) atoms. The van der Waals surface area contributed by atoms with Gasteiger partial charge < -0.3 is 0 Å². The lowest BCUT2D eigenvalue weighted by Crippen LogP contribution is -2.15. The van der Waals surface area contributed by atoms with Crippen LogP contribution in [0.5, 0.6) is 0 Å². The van der Waals surface area contributed by atoms with Gasteiger partial charge in [0.2, 0.25) is 0 Å². The van der Waals surface area contributed by atoms with Gasteiger partial charge in [-0.1, -0.05) is 24.3 Å². The van der Waals surface area contributed by atoms with Crippen LogP contribution in [-0.4, -0.2) is 5.78 Å². The Balaban J connectivity index is 2.38. The van der Waals surface area contributed by atoms with Crippen LogP contribution < -0.4 is 0 Å². The maximum absolute atomic E-state index is 13.4. The molecule has 0 aromatic heterocycles. The molecule has 0 spiro atoms. The Bertz CT molecular complexity index is 656. The Morgan fingerprint density at radius 2 is 1.48 bits per heavy atom. The fourth-order valence-electron chi connectivity index (χ4n) is 1.93. The van der Waals surface area contributed by atoms with Crippen molar-refractivity contribution in [1.29, 1.82) is 0 Å². The highest BCUT2D eigenvalue weighted by molar-refractivity contribution is 5.99. The van der Waals surface area contributed by atoms with Crippen molar-refractivity contribution in [3.8, 4) is 0 Å². The van der Waals surface area contributed by atoms with Gasteiger partial charge >= 0.3 is 6.18 Å². The molecule has 0 aliphatic heterocycles. The summed E-state index contributed by atoms with van der Waals surface area (Å²) >= 11 is 0. The van der Waals surface area contributed by atoms with E-state index in [2.05, 4.69) is 0 Å². The second-order valence-electron chi connectivity index (χ2n) is 4.34. The molecule has 2 aromatic carbocycles. The second-order valence-corrected chi connectivity index (χ2v) is 4.34. The Morgan fingerprint density at radius 1 is 0.905 bits per heavy atom. The van der Waals surface area contributed by atoms with Crippen molar-refractivity contribution in [1.82, 2.24) is 0 Å². The second kappa shape index (κ2) is 5.63. The lowest BCUT2D eigenvalue weighted by Gasteiger charge is -2.12. The molecule has 0 bridgehead atoms. The smallest absolute Gasteiger partial charge is 0.294 e. The topological polar surface area (TPSA) is 17.1 Å². The molecule has 0 aliphatic rings. The summed E-state index contributed by atoms with van der Waals surface area (Å²) in [5.74, 6) is -2.92. The van der Waals surface area contributed by atoms with Gasteiger partial charge in [-0.3, -0.25) is 4.79 Å². The van der Waals surface area contributed by atoms with Gasteiger partial charge in [-0.15, -0.1) is 0 Å². The van der Waals surface area contributed by atoms with E-state index >= 15 is 0 Å². The summed E-state index contributed by atoms with van der Waals surface area (Å²) in [5.41, 5.74) is -2.26. The molecule has 1 nitrogen and oxygen atoms in total. The van der Waals surface area contributed by atoms with Gasteiger partial charge in [0.15, 0.2) is 5.78 Å². The van der Waals surface area contributed by atoms with Crippen molar-refractivity contribution in [2.45, 2.75) is 12.6 Å². The fraction of sp³-hybridized carbons (Fsp3) is 0.133. The standard InChI is InChI=1S/C15H9F5O/c16-12-6-3-7-13(17)10(12)8-14(21)9-4-1-2-5-11(9)15(18,19)20/h1-7H,8H2. The Morgan fingerprint density at radius 3 is 2.05 bits per heavy atom. The van der Waals surface area contributed by atoms with Crippen molar-refractivity contribution in [2.75, 3.05) is 0 Å². The largest absolute Gasteiger partial charge is 0.417 e. The molecule has 0 radical (unpaired) electrons. The van der Waals surface area contributed by atoms with Gasteiger partial charge in [-0.2, -0.15) is 13.2 Å². The molecular formula is C15H9F5O. The van der Waals surface area contributed by atoms with Gasteiger partial charge in [0, 0.05) is 17.5 Å². The molecule has 6 heteroatoms. The fourth-order valence-corrected chi connectivity index (χ4v) is 1.93. The van der Waals surface area contributed by atoms with E-state index in [4.69, 9.17) is 0 Å². The van der Waals surface area contributed by atoms with Crippen LogP contribution in [0.2, 0.25) is 0 Å². The van der Waals surface area contributed by atoms with E-state index in [1.165, 1.54) is 6.07 Å². The Labute approximate surface area is 117 Å². The van der Waals surface area contributed by atoms with E-state index in [0.29, 0.717) is 0 Å². The predicted molar refractivity (Wildman–Crippen MR) is 65.8 cm³/mol. The summed E-state index contributed by atoms with van der Waals surface area (Å²) in [5, 5.41) is 0. The summed E-state index contributed by atoms with van der Waals surface area (Å²) in [7, 11) is 0. The zero-order valence-electron chi connectivity index (χ0n) is 10.5. The number of carbonyl (C=O) groups is 1. The summed E-state index contributed by atoms with van der Waals surface area (Å²) in [4.78, 5) is 12.0. The third-order valence-corrected chi connectivity index (χ3v) is 2.93. The van der Waals surface area contributed by atoms with E-state index in [1.807, 2.05) is 0 Å². The average Bonchev–Trinajstić information content (AvgIpc) is 2.42. The van der Waals surface area contributed by atoms with Crippen molar-refractivity contribution >= 4 is 5.78 Å².